The lowest BCUT2D eigenvalue weighted by atomic mass is 10.1. The molecule has 1 aromatic rings. The molecule has 0 radical (unpaired) electrons. The van der Waals surface area contributed by atoms with Crippen LogP contribution in [-0.2, 0) is 23.9 Å². The Morgan fingerprint density at radius 3 is 2.46 bits per heavy atom. The topological polar surface area (TPSA) is 85.4 Å². The van der Waals surface area contributed by atoms with Crippen LogP contribution < -0.4 is 4.74 Å². The average molecular weight is 378 g/mol. The van der Waals surface area contributed by atoms with Crippen molar-refractivity contribution in [2.75, 3.05) is 34.4 Å². The van der Waals surface area contributed by atoms with Crippen molar-refractivity contribution in [3.05, 3.63) is 35.5 Å². The predicted octanol–water partition coefficient (Wildman–Crippen LogP) is 0.811. The number of esters is 2. The van der Waals surface area contributed by atoms with E-state index in [0.717, 1.165) is 4.90 Å². The number of carbonyl (C=O) groups excluding carboxylic acids is 3. The second-order valence-electron chi connectivity index (χ2n) is 5.24. The summed E-state index contributed by atoms with van der Waals surface area (Å²) in [5, 5.41) is 0.194. The first-order valence-corrected chi connectivity index (χ1v) is 7.96. The molecule has 0 bridgehead atoms. The Hall–Kier alpha value is -2.94. The van der Waals surface area contributed by atoms with Crippen LogP contribution in [0.5, 0.6) is 5.75 Å². The summed E-state index contributed by atoms with van der Waals surface area (Å²) >= 11 is 5.22. The van der Waals surface area contributed by atoms with Crippen molar-refractivity contribution in [3.63, 3.8) is 0 Å². The number of para-hydroxylation sites is 1. The lowest BCUT2D eigenvalue weighted by molar-refractivity contribution is -0.143. The lowest BCUT2D eigenvalue weighted by Gasteiger charge is -2.14. The summed E-state index contributed by atoms with van der Waals surface area (Å²) in [6.07, 6.45) is 1.58. The van der Waals surface area contributed by atoms with E-state index >= 15 is 0 Å². The molecule has 0 aromatic heterocycles. The van der Waals surface area contributed by atoms with E-state index in [0.29, 0.717) is 11.3 Å². The highest BCUT2D eigenvalue weighted by molar-refractivity contribution is 7.80. The summed E-state index contributed by atoms with van der Waals surface area (Å²) in [6, 6.07) is 6.90. The van der Waals surface area contributed by atoms with Crippen LogP contribution in [0, 0.1) is 0 Å². The Balaban J connectivity index is 2.29. The monoisotopic (exact) mass is 378 g/mol. The average Bonchev–Trinajstić information content (AvgIpc) is 2.84. The van der Waals surface area contributed by atoms with Crippen LogP contribution in [0.15, 0.2) is 30.0 Å². The van der Waals surface area contributed by atoms with Gasteiger partial charge in [-0.15, -0.1) is 0 Å². The molecule has 1 aliphatic heterocycles. The van der Waals surface area contributed by atoms with Gasteiger partial charge in [0.2, 0.25) is 0 Å². The first-order valence-electron chi connectivity index (χ1n) is 7.55. The zero-order valence-electron chi connectivity index (χ0n) is 14.6. The second-order valence-corrected chi connectivity index (χ2v) is 5.61. The molecule has 1 aromatic carbocycles. The van der Waals surface area contributed by atoms with E-state index in [4.69, 9.17) is 17.0 Å². The Morgan fingerprint density at radius 2 is 1.81 bits per heavy atom. The molecule has 0 saturated carbocycles. The number of methoxy groups -OCH3 is 2. The van der Waals surface area contributed by atoms with Crippen LogP contribution in [0.2, 0.25) is 0 Å². The minimum Gasteiger partial charge on any atom is -0.481 e. The van der Waals surface area contributed by atoms with Crippen LogP contribution >= 0.6 is 12.2 Å². The van der Waals surface area contributed by atoms with Crippen molar-refractivity contribution in [2.24, 2.45) is 0 Å². The van der Waals surface area contributed by atoms with Crippen molar-refractivity contribution < 1.29 is 28.6 Å². The van der Waals surface area contributed by atoms with Gasteiger partial charge in [-0.1, -0.05) is 18.2 Å². The summed E-state index contributed by atoms with van der Waals surface area (Å²) < 4.78 is 14.6. The van der Waals surface area contributed by atoms with Crippen LogP contribution in [0.4, 0.5) is 0 Å². The van der Waals surface area contributed by atoms with E-state index in [1.54, 1.807) is 37.4 Å². The molecule has 1 aliphatic rings. The van der Waals surface area contributed by atoms with Gasteiger partial charge >= 0.3 is 11.9 Å². The van der Waals surface area contributed by atoms with E-state index in [1.165, 1.54) is 19.1 Å². The van der Waals surface area contributed by atoms with Crippen LogP contribution in [0.1, 0.15) is 5.56 Å². The van der Waals surface area contributed by atoms with E-state index in [9.17, 15) is 14.4 Å². The number of likely N-dealkylation sites (N-methyl/N-ethyl adjacent to an activating group) is 1. The van der Waals surface area contributed by atoms with E-state index in [1.807, 2.05) is 0 Å². The Kier molecular flexibility index (Phi) is 6.29. The van der Waals surface area contributed by atoms with Gasteiger partial charge in [0.25, 0.3) is 5.91 Å². The number of thiocarbonyl (C=S) groups is 1. The SMILES string of the molecule is COC(=O)COc1ccccc1/C=C1/C(=O)N(CC(=O)OC)C(=S)N1C. The van der Waals surface area contributed by atoms with E-state index in [-0.39, 0.29) is 24.0 Å². The maximum absolute atomic E-state index is 12.6. The van der Waals surface area contributed by atoms with Gasteiger partial charge in [0.15, 0.2) is 11.7 Å². The molecule has 1 fully saturated rings. The second kappa shape index (κ2) is 8.43. The summed E-state index contributed by atoms with van der Waals surface area (Å²) in [5.41, 5.74) is 0.849. The van der Waals surface area contributed by atoms with Gasteiger partial charge in [0.05, 0.1) is 14.2 Å². The third-order valence-corrected chi connectivity index (χ3v) is 4.14. The zero-order valence-corrected chi connectivity index (χ0v) is 15.4. The molecule has 0 aliphatic carbocycles. The van der Waals surface area contributed by atoms with Crippen molar-refractivity contribution in [1.29, 1.82) is 0 Å². The standard InChI is InChI=1S/C17H18N2O6S/c1-18-12(16(22)19(17(18)26)9-14(20)23-2)8-11-6-4-5-7-13(11)25-10-15(21)24-3/h4-8H,9-10H2,1-3H3/b12-8-. The van der Waals surface area contributed by atoms with Crippen molar-refractivity contribution in [1.82, 2.24) is 9.80 Å². The van der Waals surface area contributed by atoms with Gasteiger partial charge in [0.1, 0.15) is 18.0 Å². The molecule has 1 amide bonds. The minimum absolute atomic E-state index is 0.194. The molecule has 8 nitrogen and oxygen atoms in total. The largest absolute Gasteiger partial charge is 0.481 e. The molecule has 9 heteroatoms. The molecular weight excluding hydrogens is 360 g/mol. The Morgan fingerprint density at radius 1 is 1.15 bits per heavy atom. The molecule has 1 heterocycles. The normalized spacial score (nSPS) is 15.4. The minimum atomic E-state index is -0.572. The third-order valence-electron chi connectivity index (χ3n) is 3.64. The Bertz CT molecular complexity index is 776. The number of amides is 1. The highest BCUT2D eigenvalue weighted by atomic mass is 32.1. The predicted molar refractivity (Wildman–Crippen MR) is 96.0 cm³/mol. The van der Waals surface area contributed by atoms with Gasteiger partial charge in [-0.05, 0) is 24.4 Å². The highest BCUT2D eigenvalue weighted by Gasteiger charge is 2.37. The van der Waals surface area contributed by atoms with E-state index in [2.05, 4.69) is 9.47 Å². The number of hydrogen-bond donors (Lipinski definition) is 0. The maximum Gasteiger partial charge on any atom is 0.343 e. The molecule has 0 unspecified atom stereocenters. The summed E-state index contributed by atoms with van der Waals surface area (Å²) in [5.74, 6) is -1.11. The molecular formula is C17H18N2O6S. The first-order chi connectivity index (χ1) is 12.4. The van der Waals surface area contributed by atoms with Gasteiger partial charge < -0.3 is 19.1 Å². The number of benzene rings is 1. The number of carbonyl (C=O) groups is 3. The summed E-state index contributed by atoms with van der Waals surface area (Å²) in [7, 11) is 4.13. The molecule has 0 atom stereocenters. The fraction of sp³-hybridized carbons (Fsp3) is 0.294. The number of hydrogen-bond acceptors (Lipinski definition) is 7. The fourth-order valence-corrected chi connectivity index (χ4v) is 2.46. The quantitative estimate of drug-likeness (QED) is 0.408. The molecule has 2 rings (SSSR count). The summed E-state index contributed by atoms with van der Waals surface area (Å²) in [4.78, 5) is 38.0. The molecule has 1 saturated heterocycles. The van der Waals surface area contributed by atoms with Crippen LogP contribution in [-0.4, -0.2) is 67.2 Å². The van der Waals surface area contributed by atoms with Crippen LogP contribution in [0.25, 0.3) is 6.08 Å². The maximum atomic E-state index is 12.6. The Labute approximate surface area is 155 Å². The van der Waals surface area contributed by atoms with Crippen molar-refractivity contribution >= 4 is 41.3 Å². The first kappa shape index (κ1) is 19.4. The molecule has 0 spiro atoms. The van der Waals surface area contributed by atoms with Gasteiger partial charge in [-0.3, -0.25) is 14.5 Å². The molecule has 138 valence electrons. The smallest absolute Gasteiger partial charge is 0.343 e. The zero-order chi connectivity index (χ0) is 19.3. The van der Waals surface area contributed by atoms with Crippen molar-refractivity contribution in [2.45, 2.75) is 0 Å². The van der Waals surface area contributed by atoms with Gasteiger partial charge in [-0.2, -0.15) is 0 Å². The van der Waals surface area contributed by atoms with E-state index < -0.39 is 17.8 Å². The molecule has 0 N–H and O–H groups in total. The summed E-state index contributed by atoms with van der Waals surface area (Å²) in [6.45, 7) is -0.524. The molecule has 26 heavy (non-hydrogen) atoms. The fourth-order valence-electron chi connectivity index (χ4n) is 2.22. The van der Waals surface area contributed by atoms with Gasteiger partial charge in [0, 0.05) is 12.6 Å². The highest BCUT2D eigenvalue weighted by Crippen LogP contribution is 2.26. The third kappa shape index (κ3) is 4.17. The number of rotatable bonds is 6. The lowest BCUT2D eigenvalue weighted by Crippen LogP contribution is -2.36. The number of nitrogens with zero attached hydrogens (tertiary/aromatic N) is 2. The van der Waals surface area contributed by atoms with Crippen LogP contribution in [0.3, 0.4) is 0 Å². The van der Waals surface area contributed by atoms with Crippen molar-refractivity contribution in [3.8, 4) is 5.75 Å². The van der Waals surface area contributed by atoms with Gasteiger partial charge in [-0.25, -0.2) is 4.79 Å². The number of ether oxygens (including phenoxy) is 3.